The number of aromatic nitrogens is 2. The molecule has 1 aromatic heterocycles. The van der Waals surface area contributed by atoms with Gasteiger partial charge in [0, 0.05) is 23.5 Å². The zero-order chi connectivity index (χ0) is 18.5. The van der Waals surface area contributed by atoms with Crippen LogP contribution >= 0.6 is 0 Å². The van der Waals surface area contributed by atoms with Crippen LogP contribution in [-0.2, 0) is 6.10 Å². The van der Waals surface area contributed by atoms with E-state index in [1.54, 1.807) is 24.3 Å². The largest absolute Gasteiger partial charge is 0.389 e. The molecule has 0 radical (unpaired) electrons. The zero-order valence-corrected chi connectivity index (χ0v) is 14.7. The van der Waals surface area contributed by atoms with Crippen molar-refractivity contribution >= 4 is 16.8 Å². The van der Waals surface area contributed by atoms with Crippen LogP contribution in [0.4, 0.5) is 0 Å². The van der Waals surface area contributed by atoms with E-state index in [1.165, 1.54) is 6.42 Å². The van der Waals surface area contributed by atoms with E-state index in [0.717, 1.165) is 25.7 Å². The van der Waals surface area contributed by atoms with Crippen LogP contribution in [0.1, 0.15) is 42.6 Å². The minimum atomic E-state index is -3.16. The Morgan fingerprint density at radius 1 is 1.19 bits per heavy atom. The van der Waals surface area contributed by atoms with Gasteiger partial charge in [-0.25, -0.2) is 0 Å². The molecular formula is C18H24N4O4. The molecule has 4 rings (SSSR count). The molecule has 1 amide bonds. The molecule has 2 aliphatic heterocycles. The molecule has 3 heterocycles. The quantitative estimate of drug-likeness (QED) is 0.587. The summed E-state index contributed by atoms with van der Waals surface area (Å²) in [5.74, 6) is -0.364. The highest BCUT2D eigenvalue weighted by Gasteiger charge is 2.37. The summed E-state index contributed by atoms with van der Waals surface area (Å²) in [6, 6.07) is 7.69. The number of carbonyl (C=O) groups excluding carboxylic acids is 1. The molecule has 2 fully saturated rings. The second kappa shape index (κ2) is 6.31. The predicted octanol–water partition coefficient (Wildman–Crippen LogP) is 0.326. The molecular weight excluding hydrogens is 336 g/mol. The minimum Gasteiger partial charge on any atom is -0.348 e. The number of para-hydroxylation sites is 1. The van der Waals surface area contributed by atoms with Gasteiger partial charge in [-0.2, -0.15) is 9.78 Å². The standard InChI is InChI=1S/C18H24N4O4/c1-21-12-5-4-6-13(21)10-11(9-12)19-17(23)16-14-7-2-3-8-15(14)22(20-16)18(24,25)26/h2-3,7-8,11-13,24-26H,4-6,9-10H2,1H3,(H,19,23). The maximum atomic E-state index is 12.8. The molecule has 2 atom stereocenters. The lowest BCUT2D eigenvalue weighted by molar-refractivity contribution is -0.378. The fourth-order valence-electron chi connectivity index (χ4n) is 4.45. The molecule has 140 valence electrons. The van der Waals surface area contributed by atoms with E-state index < -0.39 is 6.10 Å². The van der Waals surface area contributed by atoms with Gasteiger partial charge in [-0.3, -0.25) is 4.79 Å². The lowest BCUT2D eigenvalue weighted by atomic mass is 9.82. The number of fused-ring (bicyclic) bond motifs is 3. The van der Waals surface area contributed by atoms with Crippen LogP contribution in [-0.4, -0.2) is 61.1 Å². The second-order valence-electron chi connectivity index (χ2n) is 7.42. The van der Waals surface area contributed by atoms with Gasteiger partial charge in [-0.05, 0) is 38.8 Å². The number of nitrogens with one attached hydrogen (secondary N) is 1. The van der Waals surface area contributed by atoms with Crippen molar-refractivity contribution in [2.75, 3.05) is 7.05 Å². The first-order valence-electron chi connectivity index (χ1n) is 9.02. The Labute approximate surface area is 151 Å². The lowest BCUT2D eigenvalue weighted by Gasteiger charge is -2.47. The average Bonchev–Trinajstić information content (AvgIpc) is 2.96. The molecule has 4 N–H and O–H groups in total. The highest BCUT2D eigenvalue weighted by atomic mass is 16.7. The molecule has 8 heteroatoms. The number of hydrogen-bond donors (Lipinski definition) is 4. The molecule has 2 aromatic rings. The number of amides is 1. The van der Waals surface area contributed by atoms with E-state index >= 15 is 0 Å². The van der Waals surface area contributed by atoms with Crippen LogP contribution < -0.4 is 5.32 Å². The van der Waals surface area contributed by atoms with Gasteiger partial charge >= 0.3 is 6.10 Å². The maximum Gasteiger partial charge on any atom is 0.389 e. The molecule has 2 saturated heterocycles. The Morgan fingerprint density at radius 2 is 1.85 bits per heavy atom. The van der Waals surface area contributed by atoms with Crippen LogP contribution in [0.3, 0.4) is 0 Å². The lowest BCUT2D eigenvalue weighted by Crippen LogP contribution is -2.55. The molecule has 2 bridgehead atoms. The van der Waals surface area contributed by atoms with Crippen molar-refractivity contribution in [1.29, 1.82) is 0 Å². The molecule has 1 aromatic carbocycles. The van der Waals surface area contributed by atoms with Crippen LogP contribution in [0.15, 0.2) is 24.3 Å². The topological polar surface area (TPSA) is 111 Å². The Morgan fingerprint density at radius 3 is 2.50 bits per heavy atom. The van der Waals surface area contributed by atoms with E-state index in [0.29, 0.717) is 22.2 Å². The third-order valence-electron chi connectivity index (χ3n) is 5.76. The van der Waals surface area contributed by atoms with Gasteiger partial charge in [-0.1, -0.05) is 24.6 Å². The molecule has 26 heavy (non-hydrogen) atoms. The van der Waals surface area contributed by atoms with Gasteiger partial charge in [0.25, 0.3) is 5.91 Å². The molecule has 2 aliphatic rings. The van der Waals surface area contributed by atoms with Gasteiger partial charge in [0.15, 0.2) is 5.69 Å². The van der Waals surface area contributed by atoms with Crippen molar-refractivity contribution < 1.29 is 20.1 Å². The van der Waals surface area contributed by atoms with Crippen molar-refractivity contribution in [3.05, 3.63) is 30.0 Å². The molecule has 0 spiro atoms. The number of piperidine rings is 2. The SMILES string of the molecule is CN1C2CCCC1CC(NC(=O)c1nn(C(O)(O)O)c3ccccc13)C2. The normalized spacial score (nSPS) is 26.8. The van der Waals surface area contributed by atoms with Crippen molar-refractivity contribution in [2.45, 2.75) is 56.3 Å². The summed E-state index contributed by atoms with van der Waals surface area (Å²) >= 11 is 0. The molecule has 8 nitrogen and oxygen atoms in total. The molecule has 0 saturated carbocycles. The first-order valence-corrected chi connectivity index (χ1v) is 9.02. The highest BCUT2D eigenvalue weighted by Crippen LogP contribution is 2.33. The van der Waals surface area contributed by atoms with Gasteiger partial charge < -0.3 is 25.5 Å². The Bertz CT molecular complexity index is 814. The second-order valence-corrected chi connectivity index (χ2v) is 7.42. The summed E-state index contributed by atoms with van der Waals surface area (Å²) in [5.41, 5.74) is 0.344. The van der Waals surface area contributed by atoms with Crippen molar-refractivity contribution in [3.8, 4) is 0 Å². The Kier molecular flexibility index (Phi) is 4.23. The summed E-state index contributed by atoms with van der Waals surface area (Å²) in [7, 11) is 2.16. The van der Waals surface area contributed by atoms with E-state index in [2.05, 4.69) is 22.4 Å². The maximum absolute atomic E-state index is 12.8. The molecule has 0 aliphatic carbocycles. The number of hydrogen-bond acceptors (Lipinski definition) is 6. The third kappa shape index (κ3) is 2.99. The highest BCUT2D eigenvalue weighted by molar-refractivity contribution is 6.05. The van der Waals surface area contributed by atoms with Gasteiger partial charge in [0.1, 0.15) is 0 Å². The average molecular weight is 360 g/mol. The van der Waals surface area contributed by atoms with Crippen LogP contribution in [0.5, 0.6) is 0 Å². The van der Waals surface area contributed by atoms with Gasteiger partial charge in [0.05, 0.1) is 5.52 Å². The predicted molar refractivity (Wildman–Crippen MR) is 94.0 cm³/mol. The van der Waals surface area contributed by atoms with Crippen LogP contribution in [0.25, 0.3) is 10.9 Å². The first kappa shape index (κ1) is 17.4. The monoisotopic (exact) mass is 360 g/mol. The fraction of sp³-hybridized carbons (Fsp3) is 0.556. The fourth-order valence-corrected chi connectivity index (χ4v) is 4.45. The number of aliphatic hydroxyl groups is 3. The smallest absolute Gasteiger partial charge is 0.348 e. The van der Waals surface area contributed by atoms with E-state index in [9.17, 15) is 20.1 Å². The third-order valence-corrected chi connectivity index (χ3v) is 5.76. The van der Waals surface area contributed by atoms with Crippen LogP contribution in [0.2, 0.25) is 0 Å². The summed E-state index contributed by atoms with van der Waals surface area (Å²) < 4.78 is 0.640. The number of rotatable bonds is 3. The summed E-state index contributed by atoms with van der Waals surface area (Å²) in [4.78, 5) is 15.2. The summed E-state index contributed by atoms with van der Waals surface area (Å²) in [6.07, 6.45) is 2.18. The van der Waals surface area contributed by atoms with Crippen molar-refractivity contribution in [1.82, 2.24) is 20.0 Å². The van der Waals surface area contributed by atoms with E-state index in [-0.39, 0.29) is 23.2 Å². The van der Waals surface area contributed by atoms with E-state index in [1.807, 2.05) is 0 Å². The van der Waals surface area contributed by atoms with Crippen LogP contribution in [0, 0.1) is 0 Å². The Hall–Kier alpha value is -2.00. The van der Waals surface area contributed by atoms with Crippen molar-refractivity contribution in [2.24, 2.45) is 0 Å². The molecule has 2 unspecified atom stereocenters. The number of nitrogens with zero attached hydrogens (tertiary/aromatic N) is 3. The minimum absolute atomic E-state index is 0.0695. The number of benzene rings is 1. The number of carbonyl (C=O) groups is 1. The van der Waals surface area contributed by atoms with Crippen molar-refractivity contribution in [3.63, 3.8) is 0 Å². The van der Waals surface area contributed by atoms with Gasteiger partial charge in [-0.15, -0.1) is 0 Å². The Balaban J connectivity index is 1.59. The summed E-state index contributed by atoms with van der Waals surface area (Å²) in [5, 5.41) is 36.0. The van der Waals surface area contributed by atoms with Gasteiger partial charge in [0.2, 0.25) is 0 Å². The van der Waals surface area contributed by atoms with E-state index in [4.69, 9.17) is 0 Å². The first-order chi connectivity index (χ1) is 12.3. The zero-order valence-electron chi connectivity index (χ0n) is 14.7. The summed E-state index contributed by atoms with van der Waals surface area (Å²) in [6.45, 7) is 0.